The monoisotopic (exact) mass is 363 g/mol. The highest BCUT2D eigenvalue weighted by atomic mass is 16.2. The third kappa shape index (κ3) is 4.79. The molecule has 0 radical (unpaired) electrons. The van der Waals surface area contributed by atoms with Crippen LogP contribution in [0.25, 0.3) is 0 Å². The second-order valence-corrected chi connectivity index (χ2v) is 9.61. The summed E-state index contributed by atoms with van der Waals surface area (Å²) in [7, 11) is 0. The van der Waals surface area contributed by atoms with Crippen LogP contribution in [-0.4, -0.2) is 41.9 Å². The average molecular weight is 364 g/mol. The first-order valence-electron chi connectivity index (χ1n) is 10.7. The van der Waals surface area contributed by atoms with Gasteiger partial charge >= 0.3 is 0 Å². The third-order valence-electron chi connectivity index (χ3n) is 7.01. The number of piperidine rings is 1. The van der Waals surface area contributed by atoms with Crippen molar-refractivity contribution in [2.75, 3.05) is 13.1 Å². The molecule has 1 aliphatic heterocycles. The lowest BCUT2D eigenvalue weighted by Crippen LogP contribution is -2.55. The number of rotatable bonds is 4. The summed E-state index contributed by atoms with van der Waals surface area (Å²) in [6.07, 6.45) is 10.2. The first-order chi connectivity index (χ1) is 12.3. The highest BCUT2D eigenvalue weighted by molar-refractivity contribution is 5.79. The van der Waals surface area contributed by atoms with Crippen LogP contribution in [0.4, 0.5) is 0 Å². The molecule has 1 unspecified atom stereocenters. The maximum absolute atomic E-state index is 12.9. The Kier molecular flexibility index (Phi) is 6.26. The normalized spacial score (nSPS) is 32.4. The summed E-state index contributed by atoms with van der Waals surface area (Å²) in [5.41, 5.74) is 6.20. The fourth-order valence-corrected chi connectivity index (χ4v) is 5.07. The van der Waals surface area contributed by atoms with Crippen molar-refractivity contribution in [3.63, 3.8) is 0 Å². The zero-order valence-electron chi connectivity index (χ0n) is 16.6. The molecule has 0 aromatic heterocycles. The van der Waals surface area contributed by atoms with Gasteiger partial charge in [-0.25, -0.2) is 0 Å². The van der Waals surface area contributed by atoms with Crippen molar-refractivity contribution in [3.8, 4) is 0 Å². The van der Waals surface area contributed by atoms with Crippen molar-refractivity contribution in [2.24, 2.45) is 23.0 Å². The number of hydrogen-bond donors (Lipinski definition) is 2. The van der Waals surface area contributed by atoms with Crippen molar-refractivity contribution < 1.29 is 9.59 Å². The summed E-state index contributed by atoms with van der Waals surface area (Å²) in [5.74, 6) is 1.25. The Morgan fingerprint density at radius 3 is 2.31 bits per heavy atom. The van der Waals surface area contributed by atoms with Crippen LogP contribution in [-0.2, 0) is 9.59 Å². The van der Waals surface area contributed by atoms with Gasteiger partial charge in [0.15, 0.2) is 0 Å². The molecule has 0 aromatic carbocycles. The summed E-state index contributed by atoms with van der Waals surface area (Å²) < 4.78 is 0. The molecule has 3 fully saturated rings. The SMILES string of the molecule is CC1(C)CN(C(=O)C2CCC(NC(=O)CC3CCCC3)CC2)CCC1N. The highest BCUT2D eigenvalue weighted by Gasteiger charge is 2.38. The molecule has 5 nitrogen and oxygen atoms in total. The van der Waals surface area contributed by atoms with Crippen LogP contribution in [0.2, 0.25) is 0 Å². The van der Waals surface area contributed by atoms with Crippen molar-refractivity contribution in [1.82, 2.24) is 10.2 Å². The summed E-state index contributed by atoms with van der Waals surface area (Å²) >= 11 is 0. The molecule has 3 rings (SSSR count). The van der Waals surface area contributed by atoms with E-state index in [0.29, 0.717) is 18.2 Å². The molecule has 1 atom stereocenters. The van der Waals surface area contributed by atoms with Crippen molar-refractivity contribution in [1.29, 1.82) is 0 Å². The molecule has 2 aliphatic carbocycles. The van der Waals surface area contributed by atoms with Crippen molar-refractivity contribution in [3.05, 3.63) is 0 Å². The molecule has 1 heterocycles. The smallest absolute Gasteiger partial charge is 0.225 e. The molecule has 0 bridgehead atoms. The predicted molar refractivity (Wildman–Crippen MR) is 103 cm³/mol. The number of carbonyl (C=O) groups excluding carboxylic acids is 2. The molecule has 1 saturated heterocycles. The van der Waals surface area contributed by atoms with Gasteiger partial charge in [-0.15, -0.1) is 0 Å². The number of hydrogen-bond acceptors (Lipinski definition) is 3. The largest absolute Gasteiger partial charge is 0.353 e. The van der Waals surface area contributed by atoms with Crippen LogP contribution in [0.1, 0.15) is 78.1 Å². The number of nitrogens with one attached hydrogen (secondary N) is 1. The van der Waals surface area contributed by atoms with Gasteiger partial charge in [0.2, 0.25) is 11.8 Å². The molecule has 5 heteroatoms. The molecule has 3 N–H and O–H groups in total. The van der Waals surface area contributed by atoms with Gasteiger partial charge < -0.3 is 16.0 Å². The van der Waals surface area contributed by atoms with Gasteiger partial charge in [0.25, 0.3) is 0 Å². The van der Waals surface area contributed by atoms with E-state index in [1.807, 2.05) is 4.90 Å². The van der Waals surface area contributed by atoms with E-state index >= 15 is 0 Å². The van der Waals surface area contributed by atoms with Crippen molar-refractivity contribution >= 4 is 11.8 Å². The first-order valence-corrected chi connectivity index (χ1v) is 10.7. The zero-order chi connectivity index (χ0) is 18.7. The van der Waals surface area contributed by atoms with Crippen LogP contribution in [0.15, 0.2) is 0 Å². The molecule has 0 aromatic rings. The number of likely N-dealkylation sites (tertiary alicyclic amines) is 1. The summed E-state index contributed by atoms with van der Waals surface area (Å²) in [6, 6.07) is 0.441. The lowest BCUT2D eigenvalue weighted by molar-refractivity contribution is -0.140. The van der Waals surface area contributed by atoms with E-state index in [9.17, 15) is 9.59 Å². The Morgan fingerprint density at radius 1 is 1.04 bits per heavy atom. The van der Waals surface area contributed by atoms with Gasteiger partial charge in [0, 0.05) is 37.5 Å². The first kappa shape index (κ1) is 19.7. The van der Waals surface area contributed by atoms with E-state index in [1.54, 1.807) is 0 Å². The van der Waals surface area contributed by atoms with Gasteiger partial charge in [0.1, 0.15) is 0 Å². The Morgan fingerprint density at radius 2 is 1.69 bits per heavy atom. The molecule has 3 aliphatic rings. The van der Waals surface area contributed by atoms with Crippen LogP contribution < -0.4 is 11.1 Å². The molecular weight excluding hydrogens is 326 g/mol. The lowest BCUT2D eigenvalue weighted by Gasteiger charge is -2.44. The Labute approximate surface area is 158 Å². The van der Waals surface area contributed by atoms with Crippen LogP contribution in [0.3, 0.4) is 0 Å². The number of amides is 2. The summed E-state index contributed by atoms with van der Waals surface area (Å²) in [6.45, 7) is 5.88. The van der Waals surface area contributed by atoms with E-state index in [4.69, 9.17) is 5.73 Å². The van der Waals surface area contributed by atoms with Crippen LogP contribution in [0.5, 0.6) is 0 Å². The standard InChI is InChI=1S/C21H37N3O2/c1-21(2)14-24(12-11-18(21)22)20(26)16-7-9-17(10-8-16)23-19(25)13-15-5-3-4-6-15/h15-18H,3-14,22H2,1-2H3,(H,23,25). The van der Waals surface area contributed by atoms with Gasteiger partial charge in [-0.05, 0) is 56.3 Å². The van der Waals surface area contributed by atoms with E-state index < -0.39 is 0 Å². The minimum atomic E-state index is -0.000669. The van der Waals surface area contributed by atoms with Gasteiger partial charge in [0.05, 0.1) is 0 Å². The second kappa shape index (κ2) is 8.28. The molecule has 26 heavy (non-hydrogen) atoms. The maximum atomic E-state index is 12.9. The maximum Gasteiger partial charge on any atom is 0.225 e. The molecule has 0 spiro atoms. The van der Waals surface area contributed by atoms with Gasteiger partial charge in [-0.2, -0.15) is 0 Å². The fourth-order valence-electron chi connectivity index (χ4n) is 5.07. The van der Waals surface area contributed by atoms with Crippen LogP contribution >= 0.6 is 0 Å². The van der Waals surface area contributed by atoms with Crippen LogP contribution in [0, 0.1) is 17.3 Å². The molecule has 2 saturated carbocycles. The second-order valence-electron chi connectivity index (χ2n) is 9.61. The van der Waals surface area contributed by atoms with E-state index in [0.717, 1.165) is 45.2 Å². The van der Waals surface area contributed by atoms with Gasteiger partial charge in [-0.1, -0.05) is 26.7 Å². The molecule has 2 amide bonds. The van der Waals surface area contributed by atoms with E-state index in [2.05, 4.69) is 19.2 Å². The summed E-state index contributed by atoms with van der Waals surface area (Å²) in [4.78, 5) is 27.2. The number of nitrogens with zero attached hydrogens (tertiary/aromatic N) is 1. The Hall–Kier alpha value is -1.10. The fraction of sp³-hybridized carbons (Fsp3) is 0.905. The quantitative estimate of drug-likeness (QED) is 0.806. The third-order valence-corrected chi connectivity index (χ3v) is 7.01. The molecule has 148 valence electrons. The highest BCUT2D eigenvalue weighted by Crippen LogP contribution is 2.32. The van der Waals surface area contributed by atoms with E-state index in [-0.39, 0.29) is 29.3 Å². The zero-order valence-corrected chi connectivity index (χ0v) is 16.6. The summed E-state index contributed by atoms with van der Waals surface area (Å²) in [5, 5.41) is 3.22. The minimum absolute atomic E-state index is 0.000669. The molecular formula is C21H37N3O2. The number of nitrogens with two attached hydrogens (primary N) is 1. The average Bonchev–Trinajstić information content (AvgIpc) is 3.10. The minimum Gasteiger partial charge on any atom is -0.353 e. The van der Waals surface area contributed by atoms with E-state index in [1.165, 1.54) is 25.7 Å². The lowest BCUT2D eigenvalue weighted by atomic mass is 9.78. The predicted octanol–water partition coefficient (Wildman–Crippen LogP) is 2.83. The Balaban J connectivity index is 1.41. The van der Waals surface area contributed by atoms with Crippen molar-refractivity contribution in [2.45, 2.75) is 90.1 Å². The van der Waals surface area contributed by atoms with Gasteiger partial charge in [-0.3, -0.25) is 9.59 Å². The topological polar surface area (TPSA) is 75.4 Å². The number of carbonyl (C=O) groups is 2. The Bertz CT molecular complexity index is 505.